The predicted octanol–water partition coefficient (Wildman–Crippen LogP) is -0.582. The Morgan fingerprint density at radius 1 is 1.14 bits per heavy atom. The van der Waals surface area contributed by atoms with Gasteiger partial charge in [0.2, 0.25) is 0 Å². The van der Waals surface area contributed by atoms with E-state index in [1.165, 1.54) is 0 Å². The van der Waals surface area contributed by atoms with Crippen molar-refractivity contribution in [3.63, 3.8) is 0 Å². The molecule has 6 nitrogen and oxygen atoms in total. The summed E-state index contributed by atoms with van der Waals surface area (Å²) in [6, 6.07) is 0. The van der Waals surface area contributed by atoms with Crippen molar-refractivity contribution in [2.24, 2.45) is 17.3 Å². The van der Waals surface area contributed by atoms with Gasteiger partial charge in [-0.25, -0.2) is 8.42 Å². The maximum absolute atomic E-state index is 13.4. The van der Waals surface area contributed by atoms with Crippen LogP contribution in [0.1, 0.15) is 51.4 Å². The maximum atomic E-state index is 13.4. The van der Waals surface area contributed by atoms with Crippen molar-refractivity contribution >= 4 is 16.1 Å². The zero-order chi connectivity index (χ0) is 20.3. The maximum Gasteiger partial charge on any atom is 1.00 e. The number of carbonyl (C=O) groups excluding carboxylic acids is 1. The second-order valence-electron chi connectivity index (χ2n) is 8.52. The molecule has 2 unspecified atom stereocenters. The Labute approximate surface area is 182 Å². The molecule has 4 rings (SSSR count). The van der Waals surface area contributed by atoms with Crippen LogP contribution in [0.15, 0.2) is 0 Å². The minimum Gasteiger partial charge on any atom is -0.743 e. The fourth-order valence-corrected chi connectivity index (χ4v) is 5.93. The Bertz CT molecular complexity index is 715. The predicted molar refractivity (Wildman–Crippen MR) is 81.8 cm³/mol. The van der Waals surface area contributed by atoms with Crippen LogP contribution in [0.5, 0.6) is 0 Å². The molecule has 12 heteroatoms. The third-order valence-corrected chi connectivity index (χ3v) is 7.00. The number of rotatable bonds is 7. The van der Waals surface area contributed by atoms with E-state index in [9.17, 15) is 40.4 Å². The smallest absolute Gasteiger partial charge is 0.743 e. The summed E-state index contributed by atoms with van der Waals surface area (Å²) in [6.45, 7) is -0.0943. The number of ether oxygens (including phenoxy) is 1. The van der Waals surface area contributed by atoms with Gasteiger partial charge in [-0.05, 0) is 50.4 Å². The Morgan fingerprint density at radius 2 is 1.68 bits per heavy atom. The topological polar surface area (TPSA) is 104 Å². The summed E-state index contributed by atoms with van der Waals surface area (Å²) in [5, 5.41) is 4.80. The van der Waals surface area contributed by atoms with E-state index in [1.807, 2.05) is 0 Å². The van der Waals surface area contributed by atoms with Crippen molar-refractivity contribution in [1.82, 2.24) is 0 Å². The van der Waals surface area contributed by atoms with Gasteiger partial charge in [-0.2, -0.15) is 17.6 Å². The van der Waals surface area contributed by atoms with Crippen LogP contribution in [0.2, 0.25) is 0 Å². The van der Waals surface area contributed by atoms with Gasteiger partial charge < -0.3 is 14.4 Å². The molecule has 0 aromatic heterocycles. The zero-order valence-electron chi connectivity index (χ0n) is 15.4. The van der Waals surface area contributed by atoms with Gasteiger partial charge in [0.1, 0.15) is 0 Å². The van der Waals surface area contributed by atoms with Crippen molar-refractivity contribution in [2.75, 3.05) is 6.61 Å². The molecule has 156 valence electrons. The summed E-state index contributed by atoms with van der Waals surface area (Å²) in [5.74, 6) is -5.71. The summed E-state index contributed by atoms with van der Waals surface area (Å²) >= 11 is 0. The molecule has 0 aromatic carbocycles. The van der Waals surface area contributed by atoms with Crippen LogP contribution < -0.4 is 29.6 Å². The molecule has 4 fully saturated rings. The van der Waals surface area contributed by atoms with Crippen LogP contribution >= 0.6 is 0 Å². The van der Waals surface area contributed by atoms with Crippen molar-refractivity contribution in [1.29, 1.82) is 0 Å². The summed E-state index contributed by atoms with van der Waals surface area (Å²) in [4.78, 5) is 11.7. The van der Waals surface area contributed by atoms with Crippen molar-refractivity contribution < 1.29 is 74.7 Å². The molecule has 4 aliphatic carbocycles. The Balaban J connectivity index is 0.00000280. The normalized spacial score (nSPS) is 34.8. The molecule has 0 radical (unpaired) electrons. The number of hydrogen-bond donors (Lipinski definition) is 1. The largest absolute Gasteiger partial charge is 1.00 e. The molecule has 0 aliphatic heterocycles. The van der Waals surface area contributed by atoms with Gasteiger partial charge in [0.25, 0.3) is 0 Å². The number of hydrogen-bond acceptors (Lipinski definition) is 6. The monoisotopic (exact) mass is 440 g/mol. The Kier molecular flexibility index (Phi) is 6.63. The van der Waals surface area contributed by atoms with Crippen LogP contribution in [-0.4, -0.2) is 47.4 Å². The van der Waals surface area contributed by atoms with Crippen LogP contribution in [-0.2, 0) is 19.6 Å². The molecule has 0 heterocycles. The van der Waals surface area contributed by atoms with E-state index in [2.05, 4.69) is 0 Å². The number of aliphatic hydroxyl groups is 1. The first kappa shape index (κ1) is 24.3. The first-order valence-electron chi connectivity index (χ1n) is 8.76. The molecule has 0 saturated heterocycles. The molecule has 4 saturated carbocycles. The minimum atomic E-state index is -6.57. The van der Waals surface area contributed by atoms with E-state index in [0.29, 0.717) is 31.1 Å². The van der Waals surface area contributed by atoms with Gasteiger partial charge in [-0.1, -0.05) is 0 Å². The fourth-order valence-electron chi connectivity index (χ4n) is 5.46. The first-order chi connectivity index (χ1) is 12.2. The average molecular weight is 440 g/mol. The Morgan fingerprint density at radius 3 is 2.14 bits per heavy atom. The summed E-state index contributed by atoms with van der Waals surface area (Å²) in [6.07, 6.45) is 1.39. The van der Waals surface area contributed by atoms with E-state index < -0.39 is 51.1 Å². The standard InChI is InChI=1S/C16H22F4O6S.Na/c17-15(18,16(19,20)27(23,24)25)2-1-12(21)26-9-13-4-10-3-11(5-13)7-14(22,6-10)8-13;/h10-11,22H,1-9H2,(H,23,24,25);/q;+1/p-1. The van der Waals surface area contributed by atoms with Crippen molar-refractivity contribution in [2.45, 2.75) is 68.1 Å². The third kappa shape index (κ3) is 4.54. The SMILES string of the molecule is O=C(CCC(F)(F)C(F)(F)S(=O)(=O)[O-])OCC12CC3CC(CC(O)(C3)C1)C2.[Na+]. The number of esters is 1. The second-order valence-corrected chi connectivity index (χ2v) is 9.94. The molecule has 2 atom stereocenters. The van der Waals surface area contributed by atoms with E-state index in [-0.39, 0.29) is 36.2 Å². The van der Waals surface area contributed by atoms with Gasteiger partial charge >= 0.3 is 46.7 Å². The molecular formula is C16H21F4NaO6S. The van der Waals surface area contributed by atoms with Crippen molar-refractivity contribution in [3.05, 3.63) is 0 Å². The van der Waals surface area contributed by atoms with E-state index >= 15 is 0 Å². The number of halogens is 4. The quantitative estimate of drug-likeness (QED) is 0.246. The molecule has 0 spiro atoms. The second kappa shape index (κ2) is 7.64. The molecule has 4 aliphatic rings. The van der Waals surface area contributed by atoms with Crippen LogP contribution in [0.25, 0.3) is 0 Å². The summed E-state index contributed by atoms with van der Waals surface area (Å²) < 4.78 is 88.9. The molecule has 28 heavy (non-hydrogen) atoms. The van der Waals surface area contributed by atoms with E-state index in [0.717, 1.165) is 19.3 Å². The molecule has 4 bridgehead atoms. The van der Waals surface area contributed by atoms with Gasteiger partial charge in [0.05, 0.1) is 18.6 Å². The number of carbonyl (C=O) groups is 1. The molecule has 0 aromatic rings. The first-order valence-corrected chi connectivity index (χ1v) is 10.2. The van der Waals surface area contributed by atoms with E-state index in [1.54, 1.807) is 0 Å². The third-order valence-electron chi connectivity index (χ3n) is 6.07. The van der Waals surface area contributed by atoms with Gasteiger partial charge in [0, 0.05) is 11.8 Å². The van der Waals surface area contributed by atoms with E-state index in [4.69, 9.17) is 4.74 Å². The zero-order valence-corrected chi connectivity index (χ0v) is 18.2. The molecule has 1 N–H and O–H groups in total. The van der Waals surface area contributed by atoms with Gasteiger partial charge in [-0.15, -0.1) is 0 Å². The van der Waals surface area contributed by atoms with Crippen LogP contribution in [0.4, 0.5) is 17.6 Å². The summed E-state index contributed by atoms with van der Waals surface area (Å²) in [5.41, 5.74) is -1.23. The molecule has 0 amide bonds. The van der Waals surface area contributed by atoms with Crippen LogP contribution in [0.3, 0.4) is 0 Å². The minimum absolute atomic E-state index is 0. The summed E-state index contributed by atoms with van der Waals surface area (Å²) in [7, 11) is -6.57. The average Bonchev–Trinajstić information content (AvgIpc) is 2.47. The Hall–Kier alpha value is 0.0600. The molecular weight excluding hydrogens is 419 g/mol. The fraction of sp³-hybridized carbons (Fsp3) is 0.938. The number of alkyl halides is 4. The van der Waals surface area contributed by atoms with Crippen molar-refractivity contribution in [3.8, 4) is 0 Å². The van der Waals surface area contributed by atoms with Crippen LogP contribution in [0, 0.1) is 17.3 Å². The van der Waals surface area contributed by atoms with Gasteiger partial charge in [0.15, 0.2) is 10.1 Å². The van der Waals surface area contributed by atoms with Gasteiger partial charge in [-0.3, -0.25) is 4.79 Å².